The summed E-state index contributed by atoms with van der Waals surface area (Å²) in [7, 11) is 2.02. The van der Waals surface area contributed by atoms with Gasteiger partial charge in [0.1, 0.15) is 5.75 Å². The Labute approximate surface area is 139 Å². The number of benzene rings is 2. The van der Waals surface area contributed by atoms with Crippen molar-refractivity contribution in [1.29, 1.82) is 0 Å². The van der Waals surface area contributed by atoms with E-state index in [-0.39, 0.29) is 5.97 Å². The van der Waals surface area contributed by atoms with E-state index >= 15 is 0 Å². The Balaban J connectivity index is 2.00. The maximum absolute atomic E-state index is 11.2. The van der Waals surface area contributed by atoms with E-state index < -0.39 is 0 Å². The number of fused-ring (bicyclic) bond motifs is 1. The number of aryl methyl sites for hydroxylation is 1. The predicted molar refractivity (Wildman–Crippen MR) is 94.6 cm³/mol. The number of ether oxygens (including phenoxy) is 1. The highest BCUT2D eigenvalue weighted by molar-refractivity contribution is 6.30. The molecule has 0 aliphatic carbocycles. The fourth-order valence-electron chi connectivity index (χ4n) is 2.54. The molecule has 3 nitrogen and oxygen atoms in total. The summed E-state index contributed by atoms with van der Waals surface area (Å²) < 4.78 is 7.34. The van der Waals surface area contributed by atoms with Crippen molar-refractivity contribution in [3.8, 4) is 5.75 Å². The van der Waals surface area contributed by atoms with E-state index in [1.807, 2.05) is 31.3 Å². The van der Waals surface area contributed by atoms with Gasteiger partial charge in [-0.15, -0.1) is 0 Å². The number of esters is 1. The van der Waals surface area contributed by atoms with Gasteiger partial charge < -0.3 is 9.30 Å². The number of para-hydroxylation sites is 1. The molecule has 0 radical (unpaired) electrons. The van der Waals surface area contributed by atoms with Crippen LogP contribution < -0.4 is 4.74 Å². The minimum atomic E-state index is -0.355. The molecule has 0 N–H and O–H groups in total. The Bertz CT molecular complexity index is 909. The topological polar surface area (TPSA) is 31.2 Å². The number of carbonyl (C=O) groups is 1. The molecule has 0 spiro atoms. The van der Waals surface area contributed by atoms with Crippen LogP contribution >= 0.6 is 11.6 Å². The molecule has 0 saturated heterocycles. The summed E-state index contributed by atoms with van der Waals surface area (Å²) in [6.07, 6.45) is 3.89. The van der Waals surface area contributed by atoms with E-state index in [4.69, 9.17) is 16.3 Å². The van der Waals surface area contributed by atoms with E-state index in [1.54, 1.807) is 18.2 Å². The minimum absolute atomic E-state index is 0.355. The number of carbonyl (C=O) groups excluding carboxylic acids is 1. The summed E-state index contributed by atoms with van der Waals surface area (Å²) in [5, 5.41) is 1.78. The molecule has 0 aliphatic rings. The van der Waals surface area contributed by atoms with Gasteiger partial charge in [0, 0.05) is 41.2 Å². The zero-order valence-electron chi connectivity index (χ0n) is 12.9. The lowest BCUT2D eigenvalue weighted by atomic mass is 10.1. The molecule has 2 aromatic carbocycles. The molecule has 0 unspecified atom stereocenters. The monoisotopic (exact) mass is 325 g/mol. The quantitative estimate of drug-likeness (QED) is 0.505. The standard InChI is InChI=1S/C19H16ClNO2/c1-13(22)23-19-10-8-16(20)11-15(19)7-9-17-12-14-5-3-4-6-18(14)21(17)2/h3-12H,1-2H3. The third-order valence-electron chi connectivity index (χ3n) is 3.65. The summed E-state index contributed by atoms with van der Waals surface area (Å²) in [5.74, 6) is 0.142. The molecule has 116 valence electrons. The van der Waals surface area contributed by atoms with E-state index in [1.165, 1.54) is 17.8 Å². The van der Waals surface area contributed by atoms with Crippen molar-refractivity contribution in [1.82, 2.24) is 4.57 Å². The predicted octanol–water partition coefficient (Wildman–Crippen LogP) is 4.93. The maximum Gasteiger partial charge on any atom is 0.308 e. The van der Waals surface area contributed by atoms with Crippen molar-refractivity contribution in [3.63, 3.8) is 0 Å². The van der Waals surface area contributed by atoms with Crippen molar-refractivity contribution in [3.05, 3.63) is 64.8 Å². The first kappa shape index (κ1) is 15.4. The van der Waals surface area contributed by atoms with Gasteiger partial charge in [0.15, 0.2) is 0 Å². The van der Waals surface area contributed by atoms with Crippen molar-refractivity contribution < 1.29 is 9.53 Å². The molecular weight excluding hydrogens is 310 g/mol. The number of halogens is 1. The Morgan fingerprint density at radius 1 is 1.13 bits per heavy atom. The summed E-state index contributed by atoms with van der Waals surface area (Å²) >= 11 is 6.05. The number of hydrogen-bond acceptors (Lipinski definition) is 2. The zero-order valence-corrected chi connectivity index (χ0v) is 13.7. The molecule has 0 bridgehead atoms. The molecule has 4 heteroatoms. The van der Waals surface area contributed by atoms with Crippen LogP contribution in [0.25, 0.3) is 23.1 Å². The second-order valence-corrected chi connectivity index (χ2v) is 5.73. The van der Waals surface area contributed by atoms with Crippen LogP contribution in [0.1, 0.15) is 18.2 Å². The van der Waals surface area contributed by atoms with Crippen molar-refractivity contribution in [2.24, 2.45) is 7.05 Å². The molecule has 23 heavy (non-hydrogen) atoms. The molecule has 0 aliphatic heterocycles. The molecule has 3 rings (SSSR count). The smallest absolute Gasteiger partial charge is 0.308 e. The van der Waals surface area contributed by atoms with Gasteiger partial charge in [-0.05, 0) is 42.5 Å². The third-order valence-corrected chi connectivity index (χ3v) is 3.88. The van der Waals surface area contributed by atoms with E-state index in [0.29, 0.717) is 10.8 Å². The van der Waals surface area contributed by atoms with Gasteiger partial charge in [-0.2, -0.15) is 0 Å². The molecule has 1 aromatic heterocycles. The Kier molecular flexibility index (Phi) is 4.22. The SMILES string of the molecule is CC(=O)Oc1ccc(Cl)cc1C=Cc1cc2ccccc2n1C. The summed E-state index contributed by atoms with van der Waals surface area (Å²) in [6, 6.07) is 15.5. The average Bonchev–Trinajstić information content (AvgIpc) is 2.84. The first-order valence-corrected chi connectivity index (χ1v) is 7.63. The fourth-order valence-corrected chi connectivity index (χ4v) is 2.72. The number of aromatic nitrogens is 1. The Morgan fingerprint density at radius 3 is 2.65 bits per heavy atom. The Hall–Kier alpha value is -2.52. The molecule has 3 aromatic rings. The highest BCUT2D eigenvalue weighted by Gasteiger charge is 2.06. The first-order valence-electron chi connectivity index (χ1n) is 7.25. The number of rotatable bonds is 3. The van der Waals surface area contributed by atoms with Crippen molar-refractivity contribution >= 4 is 40.6 Å². The normalized spacial score (nSPS) is 11.3. The number of hydrogen-bond donors (Lipinski definition) is 0. The van der Waals surface area contributed by atoms with Gasteiger partial charge in [0.2, 0.25) is 0 Å². The second kappa shape index (κ2) is 6.31. The molecule has 0 amide bonds. The lowest BCUT2D eigenvalue weighted by Crippen LogP contribution is -2.02. The van der Waals surface area contributed by atoms with E-state index in [2.05, 4.69) is 22.8 Å². The summed E-state index contributed by atoms with van der Waals surface area (Å²) in [4.78, 5) is 11.2. The largest absolute Gasteiger partial charge is 0.426 e. The maximum atomic E-state index is 11.2. The highest BCUT2D eigenvalue weighted by atomic mass is 35.5. The van der Waals surface area contributed by atoms with Crippen LogP contribution in [-0.4, -0.2) is 10.5 Å². The molecule has 0 fully saturated rings. The van der Waals surface area contributed by atoms with Gasteiger partial charge in [0.05, 0.1) is 0 Å². The van der Waals surface area contributed by atoms with Crippen LogP contribution in [0.3, 0.4) is 0 Å². The summed E-state index contributed by atoms with van der Waals surface area (Å²) in [6.45, 7) is 1.38. The van der Waals surface area contributed by atoms with Crippen LogP contribution in [0.4, 0.5) is 0 Å². The minimum Gasteiger partial charge on any atom is -0.426 e. The van der Waals surface area contributed by atoms with E-state index in [0.717, 1.165) is 11.3 Å². The molecule has 1 heterocycles. The van der Waals surface area contributed by atoms with Gasteiger partial charge in [-0.1, -0.05) is 29.8 Å². The zero-order chi connectivity index (χ0) is 16.4. The van der Waals surface area contributed by atoms with Crippen LogP contribution in [0.15, 0.2) is 48.5 Å². The lowest BCUT2D eigenvalue weighted by molar-refractivity contribution is -0.131. The van der Waals surface area contributed by atoms with Gasteiger partial charge in [-0.25, -0.2) is 0 Å². The third kappa shape index (κ3) is 3.30. The summed E-state index contributed by atoms with van der Waals surface area (Å²) in [5.41, 5.74) is 2.98. The Morgan fingerprint density at radius 2 is 1.91 bits per heavy atom. The second-order valence-electron chi connectivity index (χ2n) is 5.30. The van der Waals surface area contributed by atoms with Gasteiger partial charge >= 0.3 is 5.97 Å². The van der Waals surface area contributed by atoms with Gasteiger partial charge in [0.25, 0.3) is 0 Å². The van der Waals surface area contributed by atoms with Crippen molar-refractivity contribution in [2.45, 2.75) is 6.92 Å². The first-order chi connectivity index (χ1) is 11.0. The average molecular weight is 326 g/mol. The lowest BCUT2D eigenvalue weighted by Gasteiger charge is -2.06. The van der Waals surface area contributed by atoms with E-state index in [9.17, 15) is 4.79 Å². The van der Waals surface area contributed by atoms with Crippen LogP contribution in [-0.2, 0) is 11.8 Å². The van der Waals surface area contributed by atoms with Gasteiger partial charge in [-0.3, -0.25) is 4.79 Å². The van der Waals surface area contributed by atoms with Crippen molar-refractivity contribution in [2.75, 3.05) is 0 Å². The van der Waals surface area contributed by atoms with Crippen LogP contribution in [0.5, 0.6) is 5.75 Å². The molecular formula is C19H16ClNO2. The molecule has 0 saturated carbocycles. The number of nitrogens with zero attached hydrogens (tertiary/aromatic N) is 1. The molecule has 0 atom stereocenters. The fraction of sp³-hybridized carbons (Fsp3) is 0.105. The van der Waals surface area contributed by atoms with Crippen LogP contribution in [0.2, 0.25) is 5.02 Å². The highest BCUT2D eigenvalue weighted by Crippen LogP contribution is 2.26. The van der Waals surface area contributed by atoms with Crippen LogP contribution in [0, 0.1) is 0 Å².